The van der Waals surface area contributed by atoms with E-state index >= 15 is 0 Å². The van der Waals surface area contributed by atoms with Crippen molar-refractivity contribution in [3.05, 3.63) is 0 Å². The van der Waals surface area contributed by atoms with Crippen LogP contribution in [-0.4, -0.2) is 74.9 Å². The van der Waals surface area contributed by atoms with Crippen LogP contribution in [0.25, 0.3) is 0 Å². The molecule has 0 aromatic rings. The molecular formula is C16H33N3O. The largest absolute Gasteiger partial charge is 0.382 e. The van der Waals surface area contributed by atoms with Gasteiger partial charge in [-0.3, -0.25) is 4.90 Å². The van der Waals surface area contributed by atoms with Gasteiger partial charge < -0.3 is 15.0 Å². The lowest BCUT2D eigenvalue weighted by Gasteiger charge is -2.38. The van der Waals surface area contributed by atoms with Gasteiger partial charge in [0.25, 0.3) is 0 Å². The predicted molar refractivity (Wildman–Crippen MR) is 84.2 cm³/mol. The highest BCUT2D eigenvalue weighted by Crippen LogP contribution is 2.29. The Morgan fingerprint density at radius 1 is 1.20 bits per heavy atom. The average molecular weight is 283 g/mol. The van der Waals surface area contributed by atoms with E-state index in [9.17, 15) is 0 Å². The van der Waals surface area contributed by atoms with Crippen molar-refractivity contribution in [2.75, 3.05) is 59.0 Å². The summed E-state index contributed by atoms with van der Waals surface area (Å²) >= 11 is 0. The van der Waals surface area contributed by atoms with Crippen LogP contribution < -0.4 is 5.32 Å². The molecule has 0 amide bonds. The summed E-state index contributed by atoms with van der Waals surface area (Å²) in [5.41, 5.74) is 0. The lowest BCUT2D eigenvalue weighted by Crippen LogP contribution is -2.52. The molecule has 0 radical (unpaired) electrons. The molecule has 2 fully saturated rings. The van der Waals surface area contributed by atoms with Crippen molar-refractivity contribution in [1.29, 1.82) is 0 Å². The van der Waals surface area contributed by atoms with E-state index in [4.69, 9.17) is 4.74 Å². The molecule has 0 spiro atoms. The quantitative estimate of drug-likeness (QED) is 0.614. The van der Waals surface area contributed by atoms with Gasteiger partial charge in [0.15, 0.2) is 0 Å². The van der Waals surface area contributed by atoms with Crippen LogP contribution in [-0.2, 0) is 4.74 Å². The van der Waals surface area contributed by atoms with Gasteiger partial charge in [-0.2, -0.15) is 0 Å². The zero-order valence-corrected chi connectivity index (χ0v) is 13.4. The monoisotopic (exact) mass is 283 g/mol. The van der Waals surface area contributed by atoms with Crippen LogP contribution in [0.5, 0.6) is 0 Å². The molecule has 1 aliphatic heterocycles. The summed E-state index contributed by atoms with van der Waals surface area (Å²) in [6, 6.07) is 0.658. The molecule has 0 bridgehead atoms. The van der Waals surface area contributed by atoms with Crippen molar-refractivity contribution in [3.63, 3.8) is 0 Å². The normalized spacial score (nSPS) is 23.1. The Morgan fingerprint density at radius 2 is 1.95 bits per heavy atom. The van der Waals surface area contributed by atoms with Crippen molar-refractivity contribution in [3.8, 4) is 0 Å². The number of nitrogens with one attached hydrogen (secondary N) is 1. The maximum atomic E-state index is 5.35. The van der Waals surface area contributed by atoms with Crippen molar-refractivity contribution in [2.24, 2.45) is 5.92 Å². The number of ether oxygens (including phenoxy) is 1. The Hall–Kier alpha value is -0.160. The molecule has 118 valence electrons. The van der Waals surface area contributed by atoms with Gasteiger partial charge in [0.1, 0.15) is 0 Å². The van der Waals surface area contributed by atoms with Crippen LogP contribution in [0.3, 0.4) is 0 Å². The Balaban J connectivity index is 1.49. The van der Waals surface area contributed by atoms with Gasteiger partial charge in [-0.1, -0.05) is 0 Å². The Labute approximate surface area is 124 Å². The molecule has 2 rings (SSSR count). The van der Waals surface area contributed by atoms with Gasteiger partial charge >= 0.3 is 0 Å². The highest BCUT2D eigenvalue weighted by molar-refractivity contribution is 4.82. The predicted octanol–water partition coefficient (Wildman–Crippen LogP) is 1.42. The zero-order valence-electron chi connectivity index (χ0n) is 13.4. The van der Waals surface area contributed by atoms with Crippen LogP contribution >= 0.6 is 0 Å². The van der Waals surface area contributed by atoms with E-state index in [0.717, 1.165) is 38.6 Å². The number of rotatable bonds is 10. The third kappa shape index (κ3) is 6.08. The Bertz CT molecular complexity index is 250. The van der Waals surface area contributed by atoms with Crippen LogP contribution in [0.4, 0.5) is 0 Å². The first kappa shape index (κ1) is 16.2. The van der Waals surface area contributed by atoms with Crippen LogP contribution in [0.2, 0.25) is 0 Å². The maximum Gasteiger partial charge on any atom is 0.0477 e. The molecule has 4 heteroatoms. The zero-order chi connectivity index (χ0) is 14.2. The smallest absolute Gasteiger partial charge is 0.0477 e. The van der Waals surface area contributed by atoms with E-state index in [2.05, 4.69) is 29.0 Å². The number of hydrogen-bond donors (Lipinski definition) is 1. The van der Waals surface area contributed by atoms with Crippen LogP contribution in [0.15, 0.2) is 0 Å². The fourth-order valence-corrected chi connectivity index (χ4v) is 2.94. The van der Waals surface area contributed by atoms with Gasteiger partial charge in [0.05, 0.1) is 0 Å². The minimum absolute atomic E-state index is 0.658. The second-order valence-corrected chi connectivity index (χ2v) is 6.38. The number of nitrogens with zero attached hydrogens (tertiary/aromatic N) is 2. The standard InChI is InChI=1S/C16H33N3O/c1-3-20-12-4-7-17-13-15(2)19-10-8-18(9-11-19)14-16-5-6-16/h15-17H,3-14H2,1-2H3. The van der Waals surface area contributed by atoms with Gasteiger partial charge in [-0.25, -0.2) is 0 Å². The lowest BCUT2D eigenvalue weighted by molar-refractivity contribution is 0.0979. The summed E-state index contributed by atoms with van der Waals surface area (Å²) in [6.07, 6.45) is 4.07. The third-order valence-electron chi connectivity index (χ3n) is 4.53. The average Bonchev–Trinajstić information content (AvgIpc) is 3.27. The second kappa shape index (κ2) is 8.98. The molecule has 1 atom stereocenters. The molecule has 1 heterocycles. The van der Waals surface area contributed by atoms with Gasteiger partial charge in [0, 0.05) is 58.5 Å². The first-order chi connectivity index (χ1) is 9.79. The number of piperazine rings is 1. The third-order valence-corrected chi connectivity index (χ3v) is 4.53. The Kier molecular flexibility index (Phi) is 7.28. The fourth-order valence-electron chi connectivity index (χ4n) is 2.94. The van der Waals surface area contributed by atoms with Gasteiger partial charge in [0.2, 0.25) is 0 Å². The first-order valence-electron chi connectivity index (χ1n) is 8.54. The van der Waals surface area contributed by atoms with Crippen LogP contribution in [0, 0.1) is 5.92 Å². The van der Waals surface area contributed by atoms with Crippen molar-refractivity contribution in [2.45, 2.75) is 39.2 Å². The molecule has 4 nitrogen and oxygen atoms in total. The van der Waals surface area contributed by atoms with E-state index in [1.807, 2.05) is 0 Å². The van der Waals surface area contributed by atoms with Crippen molar-refractivity contribution >= 4 is 0 Å². The lowest BCUT2D eigenvalue weighted by atomic mass is 10.2. The molecule has 1 N–H and O–H groups in total. The molecule has 0 aromatic carbocycles. The summed E-state index contributed by atoms with van der Waals surface area (Å²) in [5.74, 6) is 1.03. The molecule has 1 aliphatic carbocycles. The molecule has 1 unspecified atom stereocenters. The molecular weight excluding hydrogens is 250 g/mol. The van der Waals surface area contributed by atoms with Gasteiger partial charge in [-0.15, -0.1) is 0 Å². The number of hydrogen-bond acceptors (Lipinski definition) is 4. The van der Waals surface area contributed by atoms with Crippen LogP contribution in [0.1, 0.15) is 33.1 Å². The fraction of sp³-hybridized carbons (Fsp3) is 1.00. The van der Waals surface area contributed by atoms with E-state index < -0.39 is 0 Å². The summed E-state index contributed by atoms with van der Waals surface area (Å²) in [5, 5.41) is 3.56. The molecule has 1 saturated heterocycles. The SMILES string of the molecule is CCOCCCNCC(C)N1CCN(CC2CC2)CC1. The molecule has 20 heavy (non-hydrogen) atoms. The van der Waals surface area contributed by atoms with E-state index in [1.54, 1.807) is 0 Å². The summed E-state index contributed by atoms with van der Waals surface area (Å²) in [4.78, 5) is 5.30. The van der Waals surface area contributed by atoms with E-state index in [0.29, 0.717) is 6.04 Å². The topological polar surface area (TPSA) is 27.7 Å². The van der Waals surface area contributed by atoms with Gasteiger partial charge in [-0.05, 0) is 45.6 Å². The first-order valence-corrected chi connectivity index (χ1v) is 8.54. The maximum absolute atomic E-state index is 5.35. The Morgan fingerprint density at radius 3 is 2.60 bits per heavy atom. The minimum Gasteiger partial charge on any atom is -0.382 e. The minimum atomic E-state index is 0.658. The second-order valence-electron chi connectivity index (χ2n) is 6.38. The van der Waals surface area contributed by atoms with Crippen molar-refractivity contribution in [1.82, 2.24) is 15.1 Å². The summed E-state index contributed by atoms with van der Waals surface area (Å²) in [7, 11) is 0. The molecule has 1 saturated carbocycles. The van der Waals surface area contributed by atoms with E-state index in [-0.39, 0.29) is 0 Å². The summed E-state index contributed by atoms with van der Waals surface area (Å²) in [6.45, 7) is 14.7. The summed E-state index contributed by atoms with van der Waals surface area (Å²) < 4.78 is 5.35. The highest BCUT2D eigenvalue weighted by atomic mass is 16.5. The van der Waals surface area contributed by atoms with E-state index in [1.165, 1.54) is 45.6 Å². The highest BCUT2D eigenvalue weighted by Gasteiger charge is 2.27. The van der Waals surface area contributed by atoms with Crippen molar-refractivity contribution < 1.29 is 4.74 Å². The molecule has 0 aromatic heterocycles. The molecule has 2 aliphatic rings.